The number of carbonyl (C=O) groups is 2. The van der Waals surface area contributed by atoms with Crippen LogP contribution in [0, 0.1) is 23.7 Å². The standard InChI is InChI=1S/C24H27F3N6O6S/c1-40(36,37)20-5-13(6-30-21(20)38-11-24(25,26)27)23(35)33-9-16-14-7-32(8-15(14)17(16)10-33)22(34)12-2-3-19(31-39-29)18(28)4-12/h2-6,14-17,31H,7-11,28-29H2,1H3/t14-,15+,16?,17?. The van der Waals surface area contributed by atoms with Crippen molar-refractivity contribution in [3.05, 3.63) is 41.6 Å². The maximum absolute atomic E-state index is 13.2. The van der Waals surface area contributed by atoms with Gasteiger partial charge in [-0.2, -0.15) is 24.0 Å². The number of halogens is 3. The van der Waals surface area contributed by atoms with Crippen molar-refractivity contribution in [1.29, 1.82) is 0 Å². The highest BCUT2D eigenvalue weighted by atomic mass is 32.2. The van der Waals surface area contributed by atoms with Crippen molar-refractivity contribution in [2.24, 2.45) is 29.6 Å². The number of nitrogens with two attached hydrogens (primary N) is 2. The predicted octanol–water partition coefficient (Wildman–Crippen LogP) is 1.32. The quantitative estimate of drug-likeness (QED) is 0.319. The van der Waals surface area contributed by atoms with Crippen molar-refractivity contribution in [3.8, 4) is 5.88 Å². The fraction of sp³-hybridized carbons (Fsp3) is 0.458. The minimum atomic E-state index is -4.69. The van der Waals surface area contributed by atoms with Crippen LogP contribution in [-0.4, -0.2) is 80.2 Å². The van der Waals surface area contributed by atoms with Crippen molar-refractivity contribution < 1.29 is 40.9 Å². The zero-order chi connectivity index (χ0) is 29.0. The molecule has 3 heterocycles. The Hall–Kier alpha value is -3.63. The van der Waals surface area contributed by atoms with Gasteiger partial charge in [0.2, 0.25) is 5.88 Å². The van der Waals surface area contributed by atoms with Crippen LogP contribution in [0.1, 0.15) is 20.7 Å². The zero-order valence-electron chi connectivity index (χ0n) is 21.2. The zero-order valence-corrected chi connectivity index (χ0v) is 22.0. The minimum absolute atomic E-state index is 0.0568. The average Bonchev–Trinajstić information content (AvgIpc) is 3.45. The number of nitrogens with zero attached hydrogens (tertiary/aromatic N) is 3. The normalized spacial score (nSPS) is 23.8. The number of ether oxygens (including phenoxy) is 1. The molecule has 216 valence electrons. The number of benzene rings is 1. The summed E-state index contributed by atoms with van der Waals surface area (Å²) >= 11 is 0. The Morgan fingerprint density at radius 3 is 2.05 bits per heavy atom. The number of pyridine rings is 1. The van der Waals surface area contributed by atoms with Gasteiger partial charge in [-0.25, -0.2) is 18.9 Å². The number of anilines is 2. The lowest BCUT2D eigenvalue weighted by atomic mass is 9.60. The van der Waals surface area contributed by atoms with Gasteiger partial charge < -0.3 is 20.3 Å². The molecule has 12 nitrogen and oxygen atoms in total. The Bertz CT molecular complexity index is 1440. The van der Waals surface area contributed by atoms with Gasteiger partial charge in [-0.3, -0.25) is 9.59 Å². The van der Waals surface area contributed by atoms with Gasteiger partial charge in [0, 0.05) is 44.2 Å². The molecule has 2 saturated heterocycles. The molecule has 5 rings (SSSR count). The van der Waals surface area contributed by atoms with Gasteiger partial charge >= 0.3 is 6.18 Å². The molecule has 16 heteroatoms. The van der Waals surface area contributed by atoms with E-state index in [1.54, 1.807) is 28.0 Å². The first kappa shape index (κ1) is 27.9. The molecule has 40 heavy (non-hydrogen) atoms. The molecule has 1 aliphatic carbocycles. The van der Waals surface area contributed by atoms with Crippen LogP contribution in [0.4, 0.5) is 24.5 Å². The number of likely N-dealkylation sites (tertiary alicyclic amines) is 2. The SMILES string of the molecule is CS(=O)(=O)c1cc(C(=O)N2CC3C(C2)[C@@H]2CN(C(=O)c4ccc(NON)c(N)c4)C[C@H]32)cnc1OCC(F)(F)F. The number of alkyl halides is 3. The van der Waals surface area contributed by atoms with Gasteiger partial charge in [-0.1, -0.05) is 0 Å². The molecule has 3 fully saturated rings. The van der Waals surface area contributed by atoms with Crippen molar-refractivity contribution in [2.75, 3.05) is 50.3 Å². The van der Waals surface area contributed by atoms with E-state index in [0.29, 0.717) is 43.1 Å². The number of aromatic nitrogens is 1. The van der Waals surface area contributed by atoms with Gasteiger partial charge in [0.05, 0.1) is 16.9 Å². The largest absolute Gasteiger partial charge is 0.467 e. The molecule has 0 radical (unpaired) electrons. The third kappa shape index (κ3) is 5.25. The lowest BCUT2D eigenvalue weighted by molar-refractivity contribution is -0.154. The molecule has 1 aromatic heterocycles. The predicted molar refractivity (Wildman–Crippen MR) is 134 cm³/mol. The molecule has 1 aromatic carbocycles. The van der Waals surface area contributed by atoms with Crippen molar-refractivity contribution in [1.82, 2.24) is 14.8 Å². The first-order chi connectivity index (χ1) is 18.8. The summed E-state index contributed by atoms with van der Waals surface area (Å²) in [5.41, 5.74) is 9.49. The van der Waals surface area contributed by atoms with Gasteiger partial charge in [0.25, 0.3) is 11.8 Å². The Kier molecular flexibility index (Phi) is 7.04. The number of nitrogen functional groups attached to an aromatic ring is 1. The maximum atomic E-state index is 13.2. The first-order valence-electron chi connectivity index (χ1n) is 12.3. The maximum Gasteiger partial charge on any atom is 0.422 e. The summed E-state index contributed by atoms with van der Waals surface area (Å²) < 4.78 is 66.7. The van der Waals surface area contributed by atoms with Gasteiger partial charge in [-0.15, -0.1) is 0 Å². The summed E-state index contributed by atoms with van der Waals surface area (Å²) in [4.78, 5) is 37.2. The van der Waals surface area contributed by atoms with Crippen LogP contribution in [-0.2, 0) is 14.8 Å². The number of amides is 2. The van der Waals surface area contributed by atoms with Crippen LogP contribution in [0.15, 0.2) is 35.4 Å². The van der Waals surface area contributed by atoms with E-state index < -0.39 is 39.3 Å². The number of rotatable bonds is 7. The van der Waals surface area contributed by atoms with Crippen LogP contribution in [0.3, 0.4) is 0 Å². The Labute approximate surface area is 227 Å². The van der Waals surface area contributed by atoms with E-state index in [-0.39, 0.29) is 35.1 Å². The number of hydrogen-bond donors (Lipinski definition) is 3. The molecule has 2 aliphatic heterocycles. The summed E-state index contributed by atoms with van der Waals surface area (Å²) in [6, 6.07) is 5.77. The molecule has 0 bridgehead atoms. The summed E-state index contributed by atoms with van der Waals surface area (Å²) in [6.07, 6.45) is -2.86. The van der Waals surface area contributed by atoms with E-state index in [9.17, 15) is 31.2 Å². The lowest BCUT2D eigenvalue weighted by Gasteiger charge is -2.42. The number of sulfone groups is 1. The molecular weight excluding hydrogens is 557 g/mol. The van der Waals surface area contributed by atoms with E-state index in [1.807, 2.05) is 0 Å². The molecule has 2 unspecified atom stereocenters. The average molecular weight is 585 g/mol. The monoisotopic (exact) mass is 584 g/mol. The Morgan fingerprint density at radius 1 is 1.02 bits per heavy atom. The second kappa shape index (κ2) is 10.1. The van der Waals surface area contributed by atoms with Gasteiger partial charge in [-0.05, 0) is 47.9 Å². The molecule has 0 spiro atoms. The lowest BCUT2D eigenvalue weighted by Crippen LogP contribution is -2.44. The fourth-order valence-electron chi connectivity index (χ4n) is 6.00. The summed E-state index contributed by atoms with van der Waals surface area (Å²) in [7, 11) is -4.03. The fourth-order valence-corrected chi connectivity index (χ4v) is 6.77. The van der Waals surface area contributed by atoms with Gasteiger partial charge in [0.15, 0.2) is 16.4 Å². The van der Waals surface area contributed by atoms with Crippen molar-refractivity contribution in [3.63, 3.8) is 0 Å². The molecular formula is C24H27F3N6O6S. The molecule has 1 saturated carbocycles. The van der Waals surface area contributed by atoms with Crippen molar-refractivity contribution >= 4 is 33.0 Å². The third-order valence-electron chi connectivity index (χ3n) is 7.80. The summed E-state index contributed by atoms with van der Waals surface area (Å²) in [5, 5.41) is 0. The molecule has 5 N–H and O–H groups in total. The highest BCUT2D eigenvalue weighted by molar-refractivity contribution is 7.90. The second-order valence-electron chi connectivity index (χ2n) is 10.3. The number of carbonyl (C=O) groups excluding carboxylic acids is 2. The van der Waals surface area contributed by atoms with Crippen LogP contribution >= 0.6 is 0 Å². The van der Waals surface area contributed by atoms with Crippen LogP contribution < -0.4 is 21.8 Å². The second-order valence-corrected chi connectivity index (χ2v) is 12.3. The van der Waals surface area contributed by atoms with Crippen LogP contribution in [0.25, 0.3) is 0 Å². The van der Waals surface area contributed by atoms with E-state index in [0.717, 1.165) is 18.5 Å². The molecule has 4 atom stereocenters. The Balaban J connectivity index is 1.24. The minimum Gasteiger partial charge on any atom is -0.467 e. The molecule has 3 aliphatic rings. The number of nitrogens with one attached hydrogen (secondary N) is 1. The highest BCUT2D eigenvalue weighted by Crippen LogP contribution is 2.54. The Morgan fingerprint density at radius 2 is 1.57 bits per heavy atom. The van der Waals surface area contributed by atoms with E-state index >= 15 is 0 Å². The van der Waals surface area contributed by atoms with Crippen molar-refractivity contribution in [2.45, 2.75) is 11.1 Å². The van der Waals surface area contributed by atoms with Crippen LogP contribution in [0.2, 0.25) is 0 Å². The summed E-state index contributed by atoms with van der Waals surface area (Å²) in [6.45, 7) is 0.180. The van der Waals surface area contributed by atoms with Gasteiger partial charge in [0.1, 0.15) is 4.90 Å². The smallest absolute Gasteiger partial charge is 0.422 e. The third-order valence-corrected chi connectivity index (χ3v) is 8.90. The summed E-state index contributed by atoms with van der Waals surface area (Å²) in [5.74, 6) is 4.41. The molecule has 2 aromatic rings. The first-order valence-corrected chi connectivity index (χ1v) is 14.2. The number of fused-ring (bicyclic) bond motifs is 4. The van der Waals surface area contributed by atoms with E-state index in [4.69, 9.17) is 11.6 Å². The van der Waals surface area contributed by atoms with E-state index in [2.05, 4.69) is 20.1 Å². The number of hydrogen-bond acceptors (Lipinski definition) is 10. The molecule has 2 amide bonds. The van der Waals surface area contributed by atoms with E-state index in [1.165, 1.54) is 0 Å². The highest BCUT2D eigenvalue weighted by Gasteiger charge is 2.59. The topological polar surface area (TPSA) is 170 Å². The van der Waals surface area contributed by atoms with Crippen LogP contribution in [0.5, 0.6) is 5.88 Å².